The molecule has 2 N–H and O–H groups in total. The van der Waals surface area contributed by atoms with Crippen LogP contribution in [-0.2, 0) is 10.0 Å². The molecule has 0 aliphatic heterocycles. The van der Waals surface area contributed by atoms with Gasteiger partial charge in [0.15, 0.2) is 5.13 Å². The number of rotatable bonds is 5. The first kappa shape index (κ1) is 20.3. The summed E-state index contributed by atoms with van der Waals surface area (Å²) in [5.74, 6) is -0.349. The zero-order valence-corrected chi connectivity index (χ0v) is 18.1. The van der Waals surface area contributed by atoms with Crippen LogP contribution in [0.2, 0.25) is 5.02 Å². The van der Waals surface area contributed by atoms with E-state index in [4.69, 9.17) is 11.6 Å². The number of hydrogen-bond acceptors (Lipinski definition) is 5. The molecule has 152 valence electrons. The normalized spacial score (nSPS) is 11.4. The summed E-state index contributed by atoms with van der Waals surface area (Å²) in [7, 11) is -3.70. The minimum absolute atomic E-state index is 0.171. The summed E-state index contributed by atoms with van der Waals surface area (Å²) in [5, 5.41) is 3.70. The highest BCUT2D eigenvalue weighted by atomic mass is 35.5. The lowest BCUT2D eigenvalue weighted by Gasteiger charge is -2.09. The fourth-order valence-electron chi connectivity index (χ4n) is 2.76. The van der Waals surface area contributed by atoms with Gasteiger partial charge < -0.3 is 0 Å². The summed E-state index contributed by atoms with van der Waals surface area (Å²) in [6.07, 6.45) is 0. The van der Waals surface area contributed by atoms with Gasteiger partial charge in [0.1, 0.15) is 5.52 Å². The fraction of sp³-hybridized carbons (Fsp3) is 0.0476. The highest BCUT2D eigenvalue weighted by Gasteiger charge is 2.15. The number of halogens is 1. The van der Waals surface area contributed by atoms with E-state index < -0.39 is 10.0 Å². The predicted octanol–water partition coefficient (Wildman–Crippen LogP) is 5.31. The standard InChI is InChI=1S/C21H16ClN3O3S2/c1-13-5-11-16(12-6-13)30(27,28)25-15-9-7-14(8-10-15)20(26)24-21-23-19-17(22)3-2-4-18(19)29-21/h2-12,25H,1H3,(H,23,24,26). The Morgan fingerprint density at radius 1 is 1.00 bits per heavy atom. The van der Waals surface area contributed by atoms with Crippen molar-refractivity contribution in [1.29, 1.82) is 0 Å². The molecular weight excluding hydrogens is 442 g/mol. The molecular formula is C21H16ClN3O3S2. The zero-order valence-electron chi connectivity index (χ0n) is 15.7. The third-order valence-electron chi connectivity index (χ3n) is 4.32. The Morgan fingerprint density at radius 3 is 2.37 bits per heavy atom. The fourth-order valence-corrected chi connectivity index (χ4v) is 4.98. The van der Waals surface area contributed by atoms with Crippen LogP contribution in [-0.4, -0.2) is 19.3 Å². The minimum Gasteiger partial charge on any atom is -0.298 e. The molecule has 1 amide bonds. The first-order valence-corrected chi connectivity index (χ1v) is 11.6. The van der Waals surface area contributed by atoms with Crippen molar-refractivity contribution in [2.75, 3.05) is 10.0 Å². The van der Waals surface area contributed by atoms with Crippen molar-refractivity contribution in [1.82, 2.24) is 4.98 Å². The van der Waals surface area contributed by atoms with Gasteiger partial charge in [0, 0.05) is 11.3 Å². The summed E-state index contributed by atoms with van der Waals surface area (Å²) in [5.41, 5.74) is 2.34. The highest BCUT2D eigenvalue weighted by molar-refractivity contribution is 7.92. The molecule has 4 rings (SSSR count). The van der Waals surface area contributed by atoms with E-state index in [1.165, 1.54) is 23.5 Å². The van der Waals surface area contributed by atoms with Crippen molar-refractivity contribution in [3.63, 3.8) is 0 Å². The molecule has 0 radical (unpaired) electrons. The van der Waals surface area contributed by atoms with E-state index in [9.17, 15) is 13.2 Å². The number of anilines is 2. The Hall–Kier alpha value is -2.94. The topological polar surface area (TPSA) is 88.2 Å². The molecule has 0 aliphatic rings. The third-order valence-corrected chi connectivity index (χ3v) is 6.96. The number of nitrogens with zero attached hydrogens (tertiary/aromatic N) is 1. The van der Waals surface area contributed by atoms with Crippen molar-refractivity contribution in [2.24, 2.45) is 0 Å². The van der Waals surface area contributed by atoms with Gasteiger partial charge >= 0.3 is 0 Å². The first-order chi connectivity index (χ1) is 14.3. The Kier molecular flexibility index (Phi) is 5.46. The van der Waals surface area contributed by atoms with Gasteiger partial charge in [-0.15, -0.1) is 0 Å². The van der Waals surface area contributed by atoms with Crippen molar-refractivity contribution in [3.8, 4) is 0 Å². The molecule has 3 aromatic carbocycles. The van der Waals surface area contributed by atoms with Gasteiger partial charge in [-0.3, -0.25) is 14.8 Å². The number of nitrogens with one attached hydrogen (secondary N) is 2. The molecule has 30 heavy (non-hydrogen) atoms. The molecule has 0 bridgehead atoms. The van der Waals surface area contributed by atoms with Gasteiger partial charge in [0.25, 0.3) is 15.9 Å². The number of benzene rings is 3. The van der Waals surface area contributed by atoms with Crippen molar-refractivity contribution >= 4 is 59.9 Å². The lowest BCUT2D eigenvalue weighted by molar-refractivity contribution is 0.102. The highest BCUT2D eigenvalue weighted by Crippen LogP contribution is 2.30. The van der Waals surface area contributed by atoms with Crippen LogP contribution in [0, 0.1) is 6.92 Å². The number of thiazole rings is 1. The van der Waals surface area contributed by atoms with Gasteiger partial charge in [-0.2, -0.15) is 0 Å². The Bertz CT molecular complexity index is 1330. The average Bonchev–Trinajstić information content (AvgIpc) is 3.12. The monoisotopic (exact) mass is 457 g/mol. The maximum atomic E-state index is 12.5. The largest absolute Gasteiger partial charge is 0.298 e. The Morgan fingerprint density at radius 2 is 1.70 bits per heavy atom. The van der Waals surface area contributed by atoms with Crippen LogP contribution in [0.4, 0.5) is 10.8 Å². The molecule has 1 aromatic heterocycles. The number of sulfonamides is 1. The number of para-hydroxylation sites is 1. The van der Waals surface area contributed by atoms with Gasteiger partial charge in [-0.1, -0.05) is 46.7 Å². The van der Waals surface area contributed by atoms with Gasteiger partial charge in [0.2, 0.25) is 0 Å². The number of carbonyl (C=O) groups is 1. The van der Waals surface area contributed by atoms with Crippen molar-refractivity contribution in [3.05, 3.63) is 82.9 Å². The van der Waals surface area contributed by atoms with E-state index in [1.807, 2.05) is 19.1 Å². The second-order valence-electron chi connectivity index (χ2n) is 6.56. The molecule has 6 nitrogen and oxygen atoms in total. The van der Waals surface area contributed by atoms with Crippen molar-refractivity contribution < 1.29 is 13.2 Å². The summed E-state index contributed by atoms with van der Waals surface area (Å²) in [6, 6.07) is 18.2. The summed E-state index contributed by atoms with van der Waals surface area (Å²) >= 11 is 7.45. The summed E-state index contributed by atoms with van der Waals surface area (Å²) < 4.78 is 28.3. The molecule has 0 unspecified atom stereocenters. The lowest BCUT2D eigenvalue weighted by Crippen LogP contribution is -2.14. The predicted molar refractivity (Wildman–Crippen MR) is 121 cm³/mol. The molecule has 9 heteroatoms. The van der Waals surface area contributed by atoms with Gasteiger partial charge in [-0.25, -0.2) is 13.4 Å². The minimum atomic E-state index is -3.70. The number of aromatic nitrogens is 1. The molecule has 1 heterocycles. The smallest absolute Gasteiger partial charge is 0.261 e. The van der Waals surface area contributed by atoms with Crippen LogP contribution < -0.4 is 10.0 Å². The molecule has 0 saturated carbocycles. The number of amides is 1. The summed E-state index contributed by atoms with van der Waals surface area (Å²) in [4.78, 5) is 17.0. The van der Waals surface area contributed by atoms with E-state index in [0.29, 0.717) is 26.9 Å². The Balaban J connectivity index is 1.47. The van der Waals surface area contributed by atoms with Gasteiger partial charge in [-0.05, 0) is 55.5 Å². The van der Waals surface area contributed by atoms with Crippen LogP contribution in [0.3, 0.4) is 0 Å². The molecule has 0 saturated heterocycles. The van der Waals surface area contributed by atoms with Crippen molar-refractivity contribution in [2.45, 2.75) is 11.8 Å². The van der Waals surface area contributed by atoms with Crippen LogP contribution in [0.1, 0.15) is 15.9 Å². The molecule has 0 spiro atoms. The van der Waals surface area contributed by atoms with Gasteiger partial charge in [0.05, 0.1) is 14.6 Å². The second kappa shape index (κ2) is 8.06. The molecule has 0 aliphatic carbocycles. The second-order valence-corrected chi connectivity index (χ2v) is 9.68. The van der Waals surface area contributed by atoms with E-state index >= 15 is 0 Å². The number of fused-ring (bicyclic) bond motifs is 1. The molecule has 4 aromatic rings. The lowest BCUT2D eigenvalue weighted by atomic mass is 10.2. The average molecular weight is 458 g/mol. The first-order valence-electron chi connectivity index (χ1n) is 8.88. The van der Waals surface area contributed by atoms with Crippen LogP contribution >= 0.6 is 22.9 Å². The van der Waals surface area contributed by atoms with Crippen LogP contribution in [0.25, 0.3) is 10.2 Å². The van der Waals surface area contributed by atoms with Crippen LogP contribution in [0.5, 0.6) is 0 Å². The quantitative estimate of drug-likeness (QED) is 0.425. The zero-order chi connectivity index (χ0) is 21.3. The van der Waals surface area contributed by atoms with Crippen LogP contribution in [0.15, 0.2) is 71.6 Å². The van der Waals surface area contributed by atoms with E-state index in [2.05, 4.69) is 15.0 Å². The number of carbonyl (C=O) groups excluding carboxylic acids is 1. The van der Waals surface area contributed by atoms with E-state index in [-0.39, 0.29) is 10.8 Å². The third kappa shape index (κ3) is 4.30. The number of hydrogen-bond donors (Lipinski definition) is 2. The number of aryl methyl sites for hydroxylation is 1. The Labute approximate surface area is 182 Å². The maximum absolute atomic E-state index is 12.5. The maximum Gasteiger partial charge on any atom is 0.261 e. The molecule has 0 fully saturated rings. The van der Waals surface area contributed by atoms with E-state index in [0.717, 1.165) is 10.3 Å². The van der Waals surface area contributed by atoms with E-state index in [1.54, 1.807) is 42.5 Å². The molecule has 0 atom stereocenters. The SMILES string of the molecule is Cc1ccc(S(=O)(=O)Nc2ccc(C(=O)Nc3nc4c(Cl)cccc4s3)cc2)cc1. The summed E-state index contributed by atoms with van der Waals surface area (Å²) in [6.45, 7) is 1.89.